The lowest BCUT2D eigenvalue weighted by molar-refractivity contribution is 0.117. The Morgan fingerprint density at radius 1 is 1.00 bits per heavy atom. The SMILES string of the molecule is OC1(c2cc(F)c(F)c(F)c2)C2CCCCC21. The zero-order valence-corrected chi connectivity index (χ0v) is 9.22. The molecule has 2 atom stereocenters. The molecule has 2 fully saturated rings. The predicted octanol–water partition coefficient (Wildman–Crippen LogP) is 3.11. The van der Waals surface area contributed by atoms with Gasteiger partial charge in [0.05, 0.1) is 5.60 Å². The maximum absolute atomic E-state index is 13.1. The Bertz CT molecular complexity index is 437. The topological polar surface area (TPSA) is 20.2 Å². The average Bonchev–Trinajstić information content (AvgIpc) is 2.94. The molecule has 92 valence electrons. The van der Waals surface area contributed by atoms with Gasteiger partial charge >= 0.3 is 0 Å². The molecule has 1 aromatic carbocycles. The van der Waals surface area contributed by atoms with E-state index in [9.17, 15) is 18.3 Å². The number of rotatable bonds is 1. The number of halogens is 3. The van der Waals surface area contributed by atoms with Crippen LogP contribution in [0, 0.1) is 29.3 Å². The van der Waals surface area contributed by atoms with E-state index in [1.54, 1.807) is 0 Å². The monoisotopic (exact) mass is 242 g/mol. The minimum absolute atomic E-state index is 0.0838. The molecule has 2 aliphatic rings. The Labute approximate surface area is 97.3 Å². The van der Waals surface area contributed by atoms with Crippen LogP contribution in [0.2, 0.25) is 0 Å². The lowest BCUT2D eigenvalue weighted by Gasteiger charge is -2.11. The van der Waals surface area contributed by atoms with Gasteiger partial charge in [-0.15, -0.1) is 0 Å². The van der Waals surface area contributed by atoms with Gasteiger partial charge in [0.15, 0.2) is 17.5 Å². The fourth-order valence-corrected chi connectivity index (χ4v) is 3.31. The van der Waals surface area contributed by atoms with Crippen molar-refractivity contribution in [2.45, 2.75) is 31.3 Å². The summed E-state index contributed by atoms with van der Waals surface area (Å²) in [7, 11) is 0. The van der Waals surface area contributed by atoms with Crippen molar-refractivity contribution in [3.63, 3.8) is 0 Å². The second-order valence-electron chi connectivity index (χ2n) is 5.08. The van der Waals surface area contributed by atoms with E-state index in [4.69, 9.17) is 0 Å². The number of benzene rings is 1. The van der Waals surface area contributed by atoms with Gasteiger partial charge in [0, 0.05) is 0 Å². The maximum atomic E-state index is 13.1. The number of hydrogen-bond donors (Lipinski definition) is 1. The van der Waals surface area contributed by atoms with Crippen molar-refractivity contribution in [2.75, 3.05) is 0 Å². The van der Waals surface area contributed by atoms with Gasteiger partial charge in [-0.25, -0.2) is 13.2 Å². The van der Waals surface area contributed by atoms with Crippen LogP contribution in [0.5, 0.6) is 0 Å². The van der Waals surface area contributed by atoms with E-state index in [0.29, 0.717) is 0 Å². The zero-order chi connectivity index (χ0) is 12.2. The molecular formula is C13H13F3O. The average molecular weight is 242 g/mol. The lowest BCUT2D eigenvalue weighted by atomic mass is 10.0. The van der Waals surface area contributed by atoms with Crippen molar-refractivity contribution < 1.29 is 18.3 Å². The molecule has 17 heavy (non-hydrogen) atoms. The first-order valence-electron chi connectivity index (χ1n) is 5.92. The van der Waals surface area contributed by atoms with Crippen molar-refractivity contribution in [3.05, 3.63) is 35.1 Å². The second-order valence-corrected chi connectivity index (χ2v) is 5.08. The fraction of sp³-hybridized carbons (Fsp3) is 0.538. The minimum atomic E-state index is -1.47. The molecule has 0 aliphatic heterocycles. The van der Waals surface area contributed by atoms with Gasteiger partial charge in [0.2, 0.25) is 0 Å². The Kier molecular flexibility index (Phi) is 2.27. The Morgan fingerprint density at radius 2 is 1.47 bits per heavy atom. The molecule has 2 unspecified atom stereocenters. The minimum Gasteiger partial charge on any atom is -0.385 e. The molecule has 0 radical (unpaired) electrons. The van der Waals surface area contributed by atoms with Crippen LogP contribution in [0.25, 0.3) is 0 Å². The van der Waals surface area contributed by atoms with Gasteiger partial charge in [-0.2, -0.15) is 0 Å². The van der Waals surface area contributed by atoms with Crippen LogP contribution in [0.3, 0.4) is 0 Å². The van der Waals surface area contributed by atoms with Crippen LogP contribution in [-0.2, 0) is 5.60 Å². The van der Waals surface area contributed by atoms with Crippen molar-refractivity contribution in [3.8, 4) is 0 Å². The predicted molar refractivity (Wildman–Crippen MR) is 55.7 cm³/mol. The van der Waals surface area contributed by atoms with Gasteiger partial charge in [-0.05, 0) is 42.4 Å². The van der Waals surface area contributed by atoms with Crippen molar-refractivity contribution in [1.82, 2.24) is 0 Å². The summed E-state index contributed by atoms with van der Waals surface area (Å²) < 4.78 is 39.2. The molecular weight excluding hydrogens is 229 g/mol. The Balaban J connectivity index is 2.00. The molecule has 1 N–H and O–H groups in total. The normalized spacial score (nSPS) is 35.5. The van der Waals surface area contributed by atoms with Gasteiger partial charge in [0.1, 0.15) is 0 Å². The quantitative estimate of drug-likeness (QED) is 0.750. The van der Waals surface area contributed by atoms with Crippen LogP contribution >= 0.6 is 0 Å². The molecule has 2 aliphatic carbocycles. The third kappa shape index (κ3) is 1.43. The van der Waals surface area contributed by atoms with E-state index < -0.39 is 23.1 Å². The van der Waals surface area contributed by atoms with Gasteiger partial charge in [0.25, 0.3) is 0 Å². The summed E-state index contributed by atoms with van der Waals surface area (Å²) in [5.41, 5.74) is -0.947. The van der Waals surface area contributed by atoms with E-state index in [1.807, 2.05) is 0 Å². The first-order chi connectivity index (χ1) is 8.05. The smallest absolute Gasteiger partial charge is 0.194 e. The molecule has 1 nitrogen and oxygen atoms in total. The molecule has 1 aromatic rings. The number of aliphatic hydroxyl groups is 1. The summed E-state index contributed by atoms with van der Waals surface area (Å²) in [6.45, 7) is 0. The molecule has 0 aromatic heterocycles. The van der Waals surface area contributed by atoms with Gasteiger partial charge < -0.3 is 5.11 Å². The van der Waals surface area contributed by atoms with Crippen molar-refractivity contribution >= 4 is 0 Å². The van der Waals surface area contributed by atoms with Crippen LogP contribution in [0.1, 0.15) is 31.2 Å². The first kappa shape index (κ1) is 11.1. The summed E-state index contributed by atoms with van der Waals surface area (Å²) in [4.78, 5) is 0. The van der Waals surface area contributed by atoms with E-state index in [1.165, 1.54) is 0 Å². The standard InChI is InChI=1S/C13H13F3O/c14-10-5-7(6-11(15)12(10)16)13(17)8-3-1-2-4-9(8)13/h5-6,8-9,17H,1-4H2. The largest absolute Gasteiger partial charge is 0.385 e. The molecule has 3 rings (SSSR count). The van der Waals surface area contributed by atoms with E-state index >= 15 is 0 Å². The zero-order valence-electron chi connectivity index (χ0n) is 9.22. The fourth-order valence-electron chi connectivity index (χ4n) is 3.31. The van der Waals surface area contributed by atoms with Gasteiger partial charge in [-0.1, -0.05) is 12.8 Å². The van der Waals surface area contributed by atoms with E-state index in [-0.39, 0.29) is 17.4 Å². The molecule has 2 saturated carbocycles. The third-order valence-electron chi connectivity index (χ3n) is 4.23. The van der Waals surface area contributed by atoms with Gasteiger partial charge in [-0.3, -0.25) is 0 Å². The summed E-state index contributed by atoms with van der Waals surface area (Å²) in [6, 6.07) is 1.85. The number of hydrogen-bond acceptors (Lipinski definition) is 1. The molecule has 4 heteroatoms. The summed E-state index contributed by atoms with van der Waals surface area (Å²) in [5.74, 6) is -3.75. The van der Waals surface area contributed by atoms with E-state index in [2.05, 4.69) is 0 Å². The number of fused-ring (bicyclic) bond motifs is 1. The van der Waals surface area contributed by atoms with Crippen LogP contribution in [0.15, 0.2) is 12.1 Å². The van der Waals surface area contributed by atoms with Crippen LogP contribution in [0.4, 0.5) is 13.2 Å². The molecule has 0 heterocycles. The Hall–Kier alpha value is -1.03. The summed E-state index contributed by atoms with van der Waals surface area (Å²) >= 11 is 0. The highest BCUT2D eigenvalue weighted by Gasteiger charge is 2.64. The maximum Gasteiger partial charge on any atom is 0.194 e. The van der Waals surface area contributed by atoms with Crippen LogP contribution < -0.4 is 0 Å². The highest BCUT2D eigenvalue weighted by molar-refractivity contribution is 5.34. The highest BCUT2D eigenvalue weighted by Crippen LogP contribution is 2.64. The van der Waals surface area contributed by atoms with Crippen LogP contribution in [-0.4, -0.2) is 5.11 Å². The summed E-state index contributed by atoms with van der Waals surface area (Å²) in [5, 5.41) is 10.4. The van der Waals surface area contributed by atoms with Crippen molar-refractivity contribution in [2.24, 2.45) is 11.8 Å². The second kappa shape index (κ2) is 3.48. The molecule has 0 saturated heterocycles. The Morgan fingerprint density at radius 3 is 1.94 bits per heavy atom. The molecule has 0 bridgehead atoms. The summed E-state index contributed by atoms with van der Waals surface area (Å²) in [6.07, 6.45) is 3.83. The van der Waals surface area contributed by atoms with Crippen molar-refractivity contribution in [1.29, 1.82) is 0 Å². The highest BCUT2D eigenvalue weighted by atomic mass is 19.2. The molecule has 0 amide bonds. The van der Waals surface area contributed by atoms with E-state index in [0.717, 1.165) is 37.8 Å². The lowest BCUT2D eigenvalue weighted by Crippen LogP contribution is -2.12. The third-order valence-corrected chi connectivity index (χ3v) is 4.23. The first-order valence-corrected chi connectivity index (χ1v) is 5.92. The molecule has 0 spiro atoms.